The number of fused-ring (bicyclic) bond motifs is 1. The molecule has 0 unspecified atom stereocenters. The number of aliphatic hydroxyl groups is 3. The smallest absolute Gasteiger partial charge is 0.173 e. The Morgan fingerprint density at radius 2 is 2.11 bits per heavy atom. The number of ether oxygens (including phenoxy) is 1. The van der Waals surface area contributed by atoms with E-state index in [1.165, 1.54) is 11.3 Å². The molecule has 0 aliphatic carbocycles. The zero-order chi connectivity index (χ0) is 12.7. The van der Waals surface area contributed by atoms with Gasteiger partial charge in [0, 0.05) is 0 Å². The van der Waals surface area contributed by atoms with Gasteiger partial charge in [-0.2, -0.15) is 0 Å². The number of hydrogen-bond acceptors (Lipinski definition) is 8. The van der Waals surface area contributed by atoms with Gasteiger partial charge in [-0.1, -0.05) is 0 Å². The van der Waals surface area contributed by atoms with Gasteiger partial charge in [0.25, 0.3) is 0 Å². The van der Waals surface area contributed by atoms with E-state index in [0.29, 0.717) is 5.65 Å². The predicted molar refractivity (Wildman–Crippen MR) is 61.9 cm³/mol. The van der Waals surface area contributed by atoms with Crippen LogP contribution in [0.3, 0.4) is 0 Å². The number of rotatable bonds is 2. The molecular formula is C10H11N3O4S. The summed E-state index contributed by atoms with van der Waals surface area (Å²) < 4.78 is 6.19. The molecule has 0 saturated carbocycles. The van der Waals surface area contributed by atoms with Crippen LogP contribution in [-0.2, 0) is 4.74 Å². The van der Waals surface area contributed by atoms with Crippen molar-refractivity contribution in [3.05, 3.63) is 17.5 Å². The van der Waals surface area contributed by atoms with Crippen molar-refractivity contribution in [1.82, 2.24) is 15.0 Å². The molecule has 1 aliphatic rings. The van der Waals surface area contributed by atoms with Crippen LogP contribution in [0.5, 0.6) is 0 Å². The Morgan fingerprint density at radius 3 is 2.83 bits per heavy atom. The van der Waals surface area contributed by atoms with Crippen LogP contribution in [0.15, 0.2) is 11.7 Å². The van der Waals surface area contributed by atoms with Gasteiger partial charge in [-0.05, 0) is 0 Å². The fraction of sp³-hybridized carbons (Fsp3) is 0.500. The molecule has 3 N–H and O–H groups in total. The quantitative estimate of drug-likeness (QED) is 0.657. The molecule has 0 spiro atoms. The third-order valence-electron chi connectivity index (χ3n) is 2.91. The highest BCUT2D eigenvalue weighted by atomic mass is 32.1. The third kappa shape index (κ3) is 1.78. The maximum Gasteiger partial charge on any atom is 0.173 e. The van der Waals surface area contributed by atoms with Gasteiger partial charge in [-0.15, -0.1) is 11.3 Å². The zero-order valence-electron chi connectivity index (χ0n) is 9.17. The molecule has 1 aliphatic heterocycles. The lowest BCUT2D eigenvalue weighted by molar-refractivity contribution is -0.0252. The minimum absolute atomic E-state index is 0.260. The minimum Gasteiger partial charge on any atom is -0.394 e. The predicted octanol–water partition coefficient (Wildman–Crippen LogP) is -0.760. The van der Waals surface area contributed by atoms with Gasteiger partial charge in [0.15, 0.2) is 11.5 Å². The van der Waals surface area contributed by atoms with Crippen molar-refractivity contribution in [3.63, 3.8) is 0 Å². The number of aliphatic hydroxyl groups excluding tert-OH is 3. The van der Waals surface area contributed by atoms with Crippen LogP contribution >= 0.6 is 11.3 Å². The SMILES string of the molecule is OC[C@H]1O[C@@H](c2ncc3scnc3n2)[C@H](O)[C@@H]1O. The summed E-state index contributed by atoms with van der Waals surface area (Å²) in [6.45, 7) is -0.367. The lowest BCUT2D eigenvalue weighted by Gasteiger charge is -2.12. The fourth-order valence-electron chi connectivity index (χ4n) is 1.93. The molecule has 2 aromatic heterocycles. The Hall–Kier alpha value is -1.19. The van der Waals surface area contributed by atoms with Crippen LogP contribution in [0.25, 0.3) is 10.3 Å². The fourth-order valence-corrected chi connectivity index (χ4v) is 2.52. The Balaban J connectivity index is 1.94. The summed E-state index contributed by atoms with van der Waals surface area (Å²) in [6.07, 6.45) is -2.36. The minimum atomic E-state index is -1.15. The molecule has 18 heavy (non-hydrogen) atoms. The Morgan fingerprint density at radius 1 is 1.28 bits per heavy atom. The van der Waals surface area contributed by atoms with Crippen LogP contribution in [0.1, 0.15) is 11.9 Å². The molecule has 0 bridgehead atoms. The average molecular weight is 269 g/mol. The maximum atomic E-state index is 9.85. The molecule has 0 radical (unpaired) electrons. The first-order chi connectivity index (χ1) is 8.70. The maximum absolute atomic E-state index is 9.85. The summed E-state index contributed by atoms with van der Waals surface area (Å²) >= 11 is 1.42. The molecule has 0 amide bonds. The normalized spacial score (nSPS) is 32.2. The van der Waals surface area contributed by atoms with Crippen LogP contribution in [0.2, 0.25) is 0 Å². The second kappa shape index (κ2) is 4.48. The van der Waals surface area contributed by atoms with Gasteiger partial charge in [0.2, 0.25) is 0 Å². The first-order valence-electron chi connectivity index (χ1n) is 5.39. The van der Waals surface area contributed by atoms with Crippen LogP contribution in [-0.4, -0.2) is 55.2 Å². The van der Waals surface area contributed by atoms with E-state index in [0.717, 1.165) is 4.70 Å². The summed E-state index contributed by atoms with van der Waals surface area (Å²) in [5.74, 6) is 0.260. The first-order valence-corrected chi connectivity index (χ1v) is 6.27. The average Bonchev–Trinajstić information content (AvgIpc) is 2.95. The monoisotopic (exact) mass is 269 g/mol. The number of hydrogen-bond donors (Lipinski definition) is 3. The van der Waals surface area contributed by atoms with E-state index in [-0.39, 0.29) is 12.4 Å². The van der Waals surface area contributed by atoms with E-state index >= 15 is 0 Å². The molecule has 4 atom stereocenters. The van der Waals surface area contributed by atoms with Crippen molar-refractivity contribution in [2.75, 3.05) is 6.61 Å². The van der Waals surface area contributed by atoms with Crippen molar-refractivity contribution in [2.24, 2.45) is 0 Å². The van der Waals surface area contributed by atoms with Crippen LogP contribution in [0.4, 0.5) is 0 Å². The standard InChI is InChI=1S/C10H11N3O4S/c14-2-4-6(15)7(16)8(17-4)10-11-1-5-9(13-10)12-3-18-5/h1,3-4,6-8,14-16H,2H2/t4-,6-,7-,8-/m1/s1. The van der Waals surface area contributed by atoms with Crippen molar-refractivity contribution in [2.45, 2.75) is 24.4 Å². The number of nitrogens with zero attached hydrogens (tertiary/aromatic N) is 3. The van der Waals surface area contributed by atoms with E-state index in [4.69, 9.17) is 9.84 Å². The van der Waals surface area contributed by atoms with E-state index in [9.17, 15) is 10.2 Å². The summed E-state index contributed by atoms with van der Waals surface area (Å²) in [6, 6.07) is 0. The highest BCUT2D eigenvalue weighted by Crippen LogP contribution is 2.32. The van der Waals surface area contributed by atoms with Gasteiger partial charge in [0.05, 0.1) is 23.0 Å². The van der Waals surface area contributed by atoms with E-state index in [1.807, 2.05) is 0 Å². The molecule has 3 heterocycles. The Kier molecular flexibility index (Phi) is 2.96. The van der Waals surface area contributed by atoms with Crippen molar-refractivity contribution in [3.8, 4) is 0 Å². The number of thiazole rings is 1. The lowest BCUT2D eigenvalue weighted by atomic mass is 10.1. The van der Waals surface area contributed by atoms with Gasteiger partial charge >= 0.3 is 0 Å². The van der Waals surface area contributed by atoms with Gasteiger partial charge in [-0.3, -0.25) is 0 Å². The first kappa shape index (κ1) is 11.9. The molecule has 3 rings (SSSR count). The Labute approximate surface area is 106 Å². The van der Waals surface area contributed by atoms with Crippen molar-refractivity contribution < 1.29 is 20.1 Å². The van der Waals surface area contributed by atoms with Gasteiger partial charge in [0.1, 0.15) is 24.4 Å². The zero-order valence-corrected chi connectivity index (χ0v) is 9.99. The molecule has 2 aromatic rings. The summed E-state index contributed by atoms with van der Waals surface area (Å²) in [4.78, 5) is 12.3. The second-order valence-corrected chi connectivity index (χ2v) is 4.91. The largest absolute Gasteiger partial charge is 0.394 e. The summed E-state index contributed by atoms with van der Waals surface area (Å²) in [5.41, 5.74) is 2.18. The van der Waals surface area contributed by atoms with Gasteiger partial charge in [-0.25, -0.2) is 15.0 Å². The van der Waals surface area contributed by atoms with E-state index in [2.05, 4.69) is 15.0 Å². The number of aromatic nitrogens is 3. The van der Waals surface area contributed by atoms with E-state index < -0.39 is 24.4 Å². The summed E-state index contributed by atoms with van der Waals surface area (Å²) in [5, 5.41) is 28.5. The molecule has 0 aromatic carbocycles. The third-order valence-corrected chi connectivity index (χ3v) is 3.66. The van der Waals surface area contributed by atoms with Crippen molar-refractivity contribution in [1.29, 1.82) is 0 Å². The molecule has 1 fully saturated rings. The highest BCUT2D eigenvalue weighted by Gasteiger charge is 2.44. The second-order valence-electron chi connectivity index (χ2n) is 4.03. The molecule has 96 valence electrons. The molecule has 7 nitrogen and oxygen atoms in total. The summed E-state index contributed by atoms with van der Waals surface area (Å²) in [7, 11) is 0. The molecule has 1 saturated heterocycles. The highest BCUT2D eigenvalue weighted by molar-refractivity contribution is 7.16. The van der Waals surface area contributed by atoms with Crippen molar-refractivity contribution >= 4 is 21.7 Å². The molecular weight excluding hydrogens is 258 g/mol. The van der Waals surface area contributed by atoms with Crippen LogP contribution < -0.4 is 0 Å². The topological polar surface area (TPSA) is 109 Å². The van der Waals surface area contributed by atoms with Gasteiger partial charge < -0.3 is 20.1 Å². The Bertz CT molecular complexity index is 563. The molecule has 8 heteroatoms. The lowest BCUT2D eigenvalue weighted by Crippen LogP contribution is -2.32. The van der Waals surface area contributed by atoms with Crippen LogP contribution in [0, 0.1) is 0 Å². The van der Waals surface area contributed by atoms with E-state index in [1.54, 1.807) is 11.7 Å².